The summed E-state index contributed by atoms with van der Waals surface area (Å²) in [6, 6.07) is 7.27. The highest BCUT2D eigenvalue weighted by Crippen LogP contribution is 2.18. The van der Waals surface area contributed by atoms with Crippen molar-refractivity contribution in [3.63, 3.8) is 0 Å². The molecule has 0 aromatic carbocycles. The number of pyridine rings is 1. The summed E-state index contributed by atoms with van der Waals surface area (Å²) in [5.74, 6) is -3.01. The number of carbonyl (C=O) groups excluding carboxylic acids is 1. The fourth-order valence-electron chi connectivity index (χ4n) is 1.57. The fraction of sp³-hybridized carbons (Fsp3) is 0.0714. The number of carbonyl (C=O) groups is 2. The molecule has 0 atom stereocenters. The van der Waals surface area contributed by atoms with Gasteiger partial charge in [0.1, 0.15) is 0 Å². The number of nitrogens with zero attached hydrogens (tertiary/aromatic N) is 1. The molecule has 0 unspecified atom stereocenters. The van der Waals surface area contributed by atoms with Gasteiger partial charge in [0, 0.05) is 24.4 Å². The van der Waals surface area contributed by atoms with Crippen LogP contribution in [-0.4, -0.2) is 26.9 Å². The monoisotopic (exact) mass is 289 g/mol. The third-order valence-corrected chi connectivity index (χ3v) is 3.49. The van der Waals surface area contributed by atoms with Gasteiger partial charge in [-0.2, -0.15) is 0 Å². The van der Waals surface area contributed by atoms with Crippen molar-refractivity contribution in [1.82, 2.24) is 4.98 Å². The van der Waals surface area contributed by atoms with Crippen molar-refractivity contribution in [3.8, 4) is 0 Å². The average molecular weight is 289 g/mol. The van der Waals surface area contributed by atoms with Crippen molar-refractivity contribution in [2.24, 2.45) is 0 Å². The number of aliphatic hydroxyl groups excluding tert-OH is 1. The second-order valence-electron chi connectivity index (χ2n) is 4.02. The highest BCUT2D eigenvalue weighted by molar-refractivity contribution is 7.12. The first kappa shape index (κ1) is 14.0. The molecule has 2 aromatic rings. The summed E-state index contributed by atoms with van der Waals surface area (Å²) in [6.45, 7) is 0. The van der Waals surface area contributed by atoms with E-state index in [9.17, 15) is 9.59 Å². The summed E-state index contributed by atoms with van der Waals surface area (Å²) in [4.78, 5) is 26.7. The SMILES string of the molecule is O=C(O)C(O)=CC(=O)c1cc(Cc2ccccn2)cs1. The Hall–Kier alpha value is -2.47. The predicted molar refractivity (Wildman–Crippen MR) is 74.0 cm³/mol. The Balaban J connectivity index is 2.11. The Labute approximate surface area is 118 Å². The normalized spacial score (nSPS) is 11.3. The molecule has 0 saturated heterocycles. The number of thiophene rings is 1. The first-order valence-electron chi connectivity index (χ1n) is 5.72. The van der Waals surface area contributed by atoms with Crippen molar-refractivity contribution in [2.75, 3.05) is 0 Å². The number of ketones is 1. The first-order valence-corrected chi connectivity index (χ1v) is 6.60. The zero-order valence-corrected chi connectivity index (χ0v) is 11.1. The molecular weight excluding hydrogens is 278 g/mol. The van der Waals surface area contributed by atoms with Crippen molar-refractivity contribution in [1.29, 1.82) is 0 Å². The van der Waals surface area contributed by atoms with Crippen LogP contribution in [0.5, 0.6) is 0 Å². The minimum atomic E-state index is -1.52. The standard InChI is InChI=1S/C14H11NO4S/c16-11(7-12(17)14(18)19)13-6-9(8-20-13)5-10-3-1-2-4-15-10/h1-4,6-8,17H,5H2,(H,18,19). The number of carboxylic acids is 1. The zero-order chi connectivity index (χ0) is 14.5. The van der Waals surface area contributed by atoms with E-state index in [4.69, 9.17) is 10.2 Å². The van der Waals surface area contributed by atoms with Crippen molar-refractivity contribution in [2.45, 2.75) is 6.42 Å². The summed E-state index contributed by atoms with van der Waals surface area (Å²) in [5.41, 5.74) is 1.80. The molecule has 0 spiro atoms. The second-order valence-corrected chi connectivity index (χ2v) is 4.93. The van der Waals surface area contributed by atoms with Crippen LogP contribution >= 0.6 is 11.3 Å². The highest BCUT2D eigenvalue weighted by atomic mass is 32.1. The van der Waals surface area contributed by atoms with Gasteiger partial charge in [-0.15, -0.1) is 11.3 Å². The molecule has 0 aliphatic carbocycles. The molecule has 2 rings (SSSR count). The number of carboxylic acid groups (broad SMARTS) is 1. The molecule has 20 heavy (non-hydrogen) atoms. The van der Waals surface area contributed by atoms with Gasteiger partial charge in [-0.25, -0.2) is 4.79 Å². The van der Waals surface area contributed by atoms with Crippen LogP contribution in [0.15, 0.2) is 47.7 Å². The molecule has 0 fully saturated rings. The van der Waals surface area contributed by atoms with Gasteiger partial charge in [0.25, 0.3) is 0 Å². The second kappa shape index (κ2) is 6.12. The van der Waals surface area contributed by atoms with Crippen LogP contribution in [0.2, 0.25) is 0 Å². The Morgan fingerprint density at radius 1 is 1.30 bits per heavy atom. The molecule has 2 N–H and O–H groups in total. The molecule has 102 valence electrons. The largest absolute Gasteiger partial charge is 0.502 e. The van der Waals surface area contributed by atoms with Crippen LogP contribution in [-0.2, 0) is 11.2 Å². The minimum Gasteiger partial charge on any atom is -0.502 e. The predicted octanol–water partition coefficient (Wildman–Crippen LogP) is 2.44. The molecule has 2 heterocycles. The summed E-state index contributed by atoms with van der Waals surface area (Å²) in [5, 5.41) is 19.4. The van der Waals surface area contributed by atoms with Gasteiger partial charge >= 0.3 is 5.97 Å². The van der Waals surface area contributed by atoms with Crippen LogP contribution in [0.25, 0.3) is 0 Å². The van der Waals surface area contributed by atoms with Crippen molar-refractivity contribution in [3.05, 3.63) is 63.8 Å². The van der Waals surface area contributed by atoms with Gasteiger partial charge < -0.3 is 10.2 Å². The van der Waals surface area contributed by atoms with E-state index in [0.717, 1.165) is 11.3 Å². The number of rotatable bonds is 5. The van der Waals surface area contributed by atoms with E-state index in [2.05, 4.69) is 4.98 Å². The molecule has 0 saturated carbocycles. The number of aliphatic hydroxyl groups is 1. The number of hydrogen-bond donors (Lipinski definition) is 2. The van der Waals surface area contributed by atoms with E-state index in [0.29, 0.717) is 17.4 Å². The van der Waals surface area contributed by atoms with Gasteiger partial charge in [0.2, 0.25) is 5.76 Å². The van der Waals surface area contributed by atoms with E-state index in [1.54, 1.807) is 12.3 Å². The molecule has 0 aliphatic heterocycles. The summed E-state index contributed by atoms with van der Waals surface area (Å²) in [6.07, 6.45) is 3.00. The number of hydrogen-bond acceptors (Lipinski definition) is 5. The van der Waals surface area contributed by atoms with Crippen molar-refractivity contribution < 1.29 is 19.8 Å². The topological polar surface area (TPSA) is 87.5 Å². The van der Waals surface area contributed by atoms with E-state index >= 15 is 0 Å². The maximum Gasteiger partial charge on any atom is 0.371 e. The van der Waals surface area contributed by atoms with Gasteiger partial charge in [-0.3, -0.25) is 9.78 Å². The highest BCUT2D eigenvalue weighted by Gasteiger charge is 2.12. The Kier molecular flexibility index (Phi) is 4.27. The summed E-state index contributed by atoms with van der Waals surface area (Å²) in [7, 11) is 0. The van der Waals surface area contributed by atoms with Crippen molar-refractivity contribution >= 4 is 23.1 Å². The van der Waals surface area contributed by atoms with Crippen LogP contribution < -0.4 is 0 Å². The number of aromatic nitrogens is 1. The van der Waals surface area contributed by atoms with Gasteiger partial charge in [0.15, 0.2) is 5.78 Å². The Morgan fingerprint density at radius 3 is 2.75 bits per heavy atom. The third-order valence-electron chi connectivity index (χ3n) is 2.49. The molecule has 5 nitrogen and oxygen atoms in total. The van der Waals surface area contributed by atoms with Gasteiger partial charge in [0.05, 0.1) is 4.88 Å². The molecule has 0 bridgehead atoms. The fourth-order valence-corrected chi connectivity index (χ4v) is 2.39. The Morgan fingerprint density at radius 2 is 2.10 bits per heavy atom. The minimum absolute atomic E-state index is 0.378. The average Bonchev–Trinajstić information content (AvgIpc) is 2.88. The van der Waals surface area contributed by atoms with Crippen LogP contribution in [0.4, 0.5) is 0 Å². The molecule has 0 aliphatic rings. The lowest BCUT2D eigenvalue weighted by atomic mass is 10.1. The van der Waals surface area contributed by atoms with Gasteiger partial charge in [-0.1, -0.05) is 6.07 Å². The lowest BCUT2D eigenvalue weighted by molar-refractivity contribution is -0.135. The van der Waals surface area contributed by atoms with Gasteiger partial charge in [-0.05, 0) is 29.1 Å². The van der Waals surface area contributed by atoms with Crippen LogP contribution in [0.3, 0.4) is 0 Å². The number of allylic oxidation sites excluding steroid dienone is 1. The van der Waals surface area contributed by atoms with E-state index in [1.807, 2.05) is 23.6 Å². The quantitative estimate of drug-likeness (QED) is 0.501. The summed E-state index contributed by atoms with van der Waals surface area (Å²) < 4.78 is 0. The molecular formula is C14H11NO4S. The Bertz CT molecular complexity index is 661. The van der Waals surface area contributed by atoms with Crippen LogP contribution in [0, 0.1) is 0 Å². The summed E-state index contributed by atoms with van der Waals surface area (Å²) >= 11 is 1.20. The first-order chi connectivity index (χ1) is 9.56. The lowest BCUT2D eigenvalue weighted by Crippen LogP contribution is -2.02. The van der Waals surface area contributed by atoms with E-state index < -0.39 is 17.5 Å². The smallest absolute Gasteiger partial charge is 0.371 e. The van der Waals surface area contributed by atoms with E-state index in [-0.39, 0.29) is 0 Å². The lowest BCUT2D eigenvalue weighted by Gasteiger charge is -1.96. The van der Waals surface area contributed by atoms with Crippen LogP contribution in [0.1, 0.15) is 20.9 Å². The zero-order valence-electron chi connectivity index (χ0n) is 10.3. The number of aliphatic carboxylic acids is 1. The molecule has 0 amide bonds. The maximum absolute atomic E-state index is 11.7. The molecule has 2 aromatic heterocycles. The molecule has 6 heteroatoms. The molecule has 0 radical (unpaired) electrons. The van der Waals surface area contributed by atoms with E-state index in [1.165, 1.54) is 11.3 Å². The maximum atomic E-state index is 11.7. The third kappa shape index (κ3) is 3.52.